The lowest BCUT2D eigenvalue weighted by Gasteiger charge is -2.19. The lowest BCUT2D eigenvalue weighted by molar-refractivity contribution is 0.176. The van der Waals surface area contributed by atoms with Crippen LogP contribution in [-0.4, -0.2) is 32.9 Å². The summed E-state index contributed by atoms with van der Waals surface area (Å²) in [6.45, 7) is 4.45. The molecule has 4 nitrogen and oxygen atoms in total. The van der Waals surface area contributed by atoms with Crippen LogP contribution >= 0.6 is 0 Å². The molecule has 0 aliphatic rings. The standard InChI is InChI=1S/C13H21NO3/c1-8-9(2)13(17-5)12(16-4)6-10(8)11(15)7-14-3/h6,11,14-15H,7H2,1-5H3. The van der Waals surface area contributed by atoms with E-state index in [0.717, 1.165) is 22.4 Å². The first-order valence-electron chi connectivity index (χ1n) is 5.61. The van der Waals surface area contributed by atoms with Gasteiger partial charge in [0.1, 0.15) is 0 Å². The summed E-state index contributed by atoms with van der Waals surface area (Å²) in [5, 5.41) is 13.0. The van der Waals surface area contributed by atoms with E-state index in [1.165, 1.54) is 0 Å². The van der Waals surface area contributed by atoms with Crippen LogP contribution in [0.25, 0.3) is 0 Å². The Bertz CT molecular complexity index is 391. The van der Waals surface area contributed by atoms with Gasteiger partial charge in [0.15, 0.2) is 11.5 Å². The second kappa shape index (κ2) is 5.89. The van der Waals surface area contributed by atoms with Crippen molar-refractivity contribution in [2.45, 2.75) is 20.0 Å². The molecule has 1 aromatic carbocycles. The van der Waals surface area contributed by atoms with E-state index < -0.39 is 6.10 Å². The van der Waals surface area contributed by atoms with Gasteiger partial charge in [-0.3, -0.25) is 0 Å². The van der Waals surface area contributed by atoms with Gasteiger partial charge in [-0.25, -0.2) is 0 Å². The van der Waals surface area contributed by atoms with E-state index in [1.54, 1.807) is 14.2 Å². The van der Waals surface area contributed by atoms with Gasteiger partial charge in [0.2, 0.25) is 0 Å². The van der Waals surface area contributed by atoms with Gasteiger partial charge in [-0.05, 0) is 43.7 Å². The first kappa shape index (κ1) is 13.8. The van der Waals surface area contributed by atoms with Crippen LogP contribution in [0, 0.1) is 13.8 Å². The molecule has 0 saturated heterocycles. The van der Waals surface area contributed by atoms with Crippen molar-refractivity contribution in [1.82, 2.24) is 5.32 Å². The van der Waals surface area contributed by atoms with Crippen molar-refractivity contribution in [3.63, 3.8) is 0 Å². The summed E-state index contributed by atoms with van der Waals surface area (Å²) in [6, 6.07) is 1.84. The van der Waals surface area contributed by atoms with Crippen LogP contribution < -0.4 is 14.8 Å². The molecule has 17 heavy (non-hydrogen) atoms. The first-order valence-corrected chi connectivity index (χ1v) is 5.61. The number of hydrogen-bond donors (Lipinski definition) is 2. The third-order valence-electron chi connectivity index (χ3n) is 3.03. The van der Waals surface area contributed by atoms with Crippen LogP contribution in [0.4, 0.5) is 0 Å². The largest absolute Gasteiger partial charge is 0.493 e. The van der Waals surface area contributed by atoms with Gasteiger partial charge in [0.25, 0.3) is 0 Å². The Kier molecular flexibility index (Phi) is 4.78. The second-order valence-corrected chi connectivity index (χ2v) is 4.02. The van der Waals surface area contributed by atoms with Crippen molar-refractivity contribution in [3.05, 3.63) is 22.8 Å². The number of ether oxygens (including phenoxy) is 2. The molecule has 4 heteroatoms. The summed E-state index contributed by atoms with van der Waals surface area (Å²) in [4.78, 5) is 0. The van der Waals surface area contributed by atoms with Crippen LogP contribution in [0.15, 0.2) is 6.07 Å². The summed E-state index contributed by atoms with van der Waals surface area (Å²) >= 11 is 0. The predicted molar refractivity (Wildman–Crippen MR) is 67.9 cm³/mol. The lowest BCUT2D eigenvalue weighted by atomic mass is 9.97. The Morgan fingerprint density at radius 1 is 1.24 bits per heavy atom. The summed E-state index contributed by atoms with van der Waals surface area (Å²) in [7, 11) is 5.03. The fourth-order valence-corrected chi connectivity index (χ4v) is 1.94. The van der Waals surface area contributed by atoms with Crippen LogP contribution in [-0.2, 0) is 0 Å². The fraction of sp³-hybridized carbons (Fsp3) is 0.538. The van der Waals surface area contributed by atoms with Crippen LogP contribution in [0.1, 0.15) is 22.8 Å². The third kappa shape index (κ3) is 2.70. The highest BCUT2D eigenvalue weighted by molar-refractivity contribution is 5.54. The van der Waals surface area contributed by atoms with E-state index in [2.05, 4.69) is 5.32 Å². The molecule has 0 saturated carbocycles. The Morgan fingerprint density at radius 2 is 1.88 bits per heavy atom. The molecule has 0 spiro atoms. The molecule has 0 aromatic heterocycles. The molecule has 2 N–H and O–H groups in total. The highest BCUT2D eigenvalue weighted by atomic mass is 16.5. The SMILES string of the molecule is CNCC(O)c1cc(OC)c(OC)c(C)c1C. The highest BCUT2D eigenvalue weighted by Gasteiger charge is 2.18. The summed E-state index contributed by atoms with van der Waals surface area (Å²) in [6.07, 6.45) is -0.543. The van der Waals surface area contributed by atoms with E-state index in [-0.39, 0.29) is 0 Å². The quantitative estimate of drug-likeness (QED) is 0.819. The number of hydrogen-bond acceptors (Lipinski definition) is 4. The molecular weight excluding hydrogens is 218 g/mol. The number of aliphatic hydroxyl groups excluding tert-OH is 1. The van der Waals surface area contributed by atoms with Crippen molar-refractivity contribution in [2.75, 3.05) is 27.8 Å². The number of likely N-dealkylation sites (N-methyl/N-ethyl adjacent to an activating group) is 1. The van der Waals surface area contributed by atoms with Gasteiger partial charge >= 0.3 is 0 Å². The Balaban J connectivity index is 3.28. The number of aliphatic hydroxyl groups is 1. The maximum absolute atomic E-state index is 10.1. The minimum atomic E-state index is -0.543. The molecule has 1 atom stereocenters. The molecular formula is C13H21NO3. The highest BCUT2D eigenvalue weighted by Crippen LogP contribution is 2.36. The topological polar surface area (TPSA) is 50.7 Å². The molecule has 0 bridgehead atoms. The van der Waals surface area contributed by atoms with Crippen LogP contribution in [0.5, 0.6) is 11.5 Å². The monoisotopic (exact) mass is 239 g/mol. The van der Waals surface area contributed by atoms with Crippen molar-refractivity contribution < 1.29 is 14.6 Å². The molecule has 0 aliphatic heterocycles. The summed E-state index contributed by atoms with van der Waals surface area (Å²) < 4.78 is 10.6. The molecule has 1 unspecified atom stereocenters. The van der Waals surface area contributed by atoms with E-state index >= 15 is 0 Å². The molecule has 0 radical (unpaired) electrons. The van der Waals surface area contributed by atoms with Gasteiger partial charge in [-0.1, -0.05) is 0 Å². The molecule has 1 rings (SSSR count). The zero-order chi connectivity index (χ0) is 13.0. The van der Waals surface area contributed by atoms with Crippen molar-refractivity contribution >= 4 is 0 Å². The third-order valence-corrected chi connectivity index (χ3v) is 3.03. The predicted octanol–water partition coefficient (Wildman–Crippen LogP) is 1.57. The second-order valence-electron chi connectivity index (χ2n) is 4.02. The number of methoxy groups -OCH3 is 2. The minimum absolute atomic E-state index is 0.510. The molecule has 96 valence electrons. The average Bonchev–Trinajstić information content (AvgIpc) is 2.32. The zero-order valence-corrected chi connectivity index (χ0v) is 11.1. The molecule has 0 fully saturated rings. The Labute approximate surface area is 103 Å². The van der Waals surface area contributed by atoms with Gasteiger partial charge in [-0.2, -0.15) is 0 Å². The summed E-state index contributed by atoms with van der Waals surface area (Å²) in [5.74, 6) is 1.38. The van der Waals surface area contributed by atoms with E-state index in [9.17, 15) is 5.11 Å². The van der Waals surface area contributed by atoms with Crippen molar-refractivity contribution in [3.8, 4) is 11.5 Å². The number of nitrogens with one attached hydrogen (secondary N) is 1. The molecule has 0 amide bonds. The molecule has 0 heterocycles. The smallest absolute Gasteiger partial charge is 0.163 e. The normalized spacial score (nSPS) is 12.4. The van der Waals surface area contributed by atoms with Crippen molar-refractivity contribution in [2.24, 2.45) is 0 Å². The number of benzene rings is 1. The first-order chi connectivity index (χ1) is 8.06. The average molecular weight is 239 g/mol. The summed E-state index contributed by atoms with van der Waals surface area (Å²) in [5.41, 5.74) is 2.90. The van der Waals surface area contributed by atoms with Gasteiger partial charge in [0.05, 0.1) is 20.3 Å². The minimum Gasteiger partial charge on any atom is -0.493 e. The maximum atomic E-state index is 10.1. The van der Waals surface area contributed by atoms with Crippen molar-refractivity contribution in [1.29, 1.82) is 0 Å². The van der Waals surface area contributed by atoms with Crippen LogP contribution in [0.3, 0.4) is 0 Å². The zero-order valence-electron chi connectivity index (χ0n) is 11.1. The van der Waals surface area contributed by atoms with Crippen LogP contribution in [0.2, 0.25) is 0 Å². The molecule has 0 aliphatic carbocycles. The lowest BCUT2D eigenvalue weighted by Crippen LogP contribution is -2.18. The van der Waals surface area contributed by atoms with E-state index in [0.29, 0.717) is 12.3 Å². The fourth-order valence-electron chi connectivity index (χ4n) is 1.94. The van der Waals surface area contributed by atoms with E-state index in [4.69, 9.17) is 9.47 Å². The number of rotatable bonds is 5. The van der Waals surface area contributed by atoms with Gasteiger partial charge in [-0.15, -0.1) is 0 Å². The molecule has 1 aromatic rings. The Morgan fingerprint density at radius 3 is 2.35 bits per heavy atom. The maximum Gasteiger partial charge on any atom is 0.163 e. The van der Waals surface area contributed by atoms with E-state index in [1.807, 2.05) is 27.0 Å². The Hall–Kier alpha value is -1.26. The van der Waals surface area contributed by atoms with Gasteiger partial charge < -0.3 is 19.9 Å². The van der Waals surface area contributed by atoms with Gasteiger partial charge in [0, 0.05) is 6.54 Å².